The van der Waals surface area contributed by atoms with E-state index in [4.69, 9.17) is 4.74 Å². The number of rotatable bonds is 2. The van der Waals surface area contributed by atoms with Crippen molar-refractivity contribution in [2.24, 2.45) is 0 Å². The quantitative estimate of drug-likeness (QED) is 0.836. The zero-order valence-electron chi connectivity index (χ0n) is 11.5. The Balaban J connectivity index is 2.51. The Bertz CT molecular complexity index is 397. The summed E-state index contributed by atoms with van der Waals surface area (Å²) in [6.07, 6.45) is 3.59. The minimum atomic E-state index is -3.02. The number of carbonyl (C=O) groups excluding carboxylic acids is 1. The fourth-order valence-electron chi connectivity index (χ4n) is 2.14. The average Bonchev–Trinajstić information content (AvgIpc) is 2.13. The SMILES string of the molecule is CC(C)(C)OC(=O)NC1CCCC(S(C)(=O)=O)C1. The molecule has 0 bridgehead atoms. The molecule has 6 heteroatoms. The van der Waals surface area contributed by atoms with Crippen LogP contribution in [0.15, 0.2) is 0 Å². The topological polar surface area (TPSA) is 72.5 Å². The van der Waals surface area contributed by atoms with Gasteiger partial charge < -0.3 is 10.1 Å². The van der Waals surface area contributed by atoms with Crippen LogP contribution in [0.3, 0.4) is 0 Å². The average molecular weight is 277 g/mol. The molecule has 1 aliphatic carbocycles. The van der Waals surface area contributed by atoms with Crippen LogP contribution in [0, 0.1) is 0 Å². The number of hydrogen-bond acceptors (Lipinski definition) is 4. The van der Waals surface area contributed by atoms with Crippen molar-refractivity contribution < 1.29 is 17.9 Å². The number of sulfone groups is 1. The maximum Gasteiger partial charge on any atom is 0.407 e. The number of carbonyl (C=O) groups is 1. The molecule has 2 atom stereocenters. The largest absolute Gasteiger partial charge is 0.444 e. The molecule has 0 aliphatic heterocycles. The summed E-state index contributed by atoms with van der Waals surface area (Å²) >= 11 is 0. The number of alkyl carbamates (subject to hydrolysis) is 1. The molecule has 0 aromatic heterocycles. The molecule has 1 aliphatic rings. The van der Waals surface area contributed by atoms with Gasteiger partial charge in [0.05, 0.1) is 5.25 Å². The Kier molecular flexibility index (Phi) is 4.64. The van der Waals surface area contributed by atoms with Gasteiger partial charge >= 0.3 is 6.09 Å². The van der Waals surface area contributed by atoms with Gasteiger partial charge in [-0.15, -0.1) is 0 Å². The van der Waals surface area contributed by atoms with Crippen molar-refractivity contribution in [3.05, 3.63) is 0 Å². The van der Waals surface area contributed by atoms with Gasteiger partial charge in [0, 0.05) is 12.3 Å². The highest BCUT2D eigenvalue weighted by Gasteiger charge is 2.30. The fraction of sp³-hybridized carbons (Fsp3) is 0.917. The Labute approximate surface area is 109 Å². The van der Waals surface area contributed by atoms with Gasteiger partial charge in [0.2, 0.25) is 0 Å². The highest BCUT2D eigenvalue weighted by molar-refractivity contribution is 7.91. The Morgan fingerprint density at radius 2 is 1.89 bits per heavy atom. The summed E-state index contributed by atoms with van der Waals surface area (Å²) in [6.45, 7) is 5.40. The molecular weight excluding hydrogens is 254 g/mol. The third-order valence-electron chi connectivity index (χ3n) is 2.95. The van der Waals surface area contributed by atoms with E-state index < -0.39 is 21.5 Å². The van der Waals surface area contributed by atoms with Crippen molar-refractivity contribution in [1.29, 1.82) is 0 Å². The standard InChI is InChI=1S/C12H23NO4S/c1-12(2,3)17-11(14)13-9-6-5-7-10(8-9)18(4,15)16/h9-10H,5-8H2,1-4H3,(H,13,14). The molecule has 18 heavy (non-hydrogen) atoms. The molecule has 1 rings (SSSR count). The van der Waals surface area contributed by atoms with Crippen molar-refractivity contribution in [2.45, 2.75) is 63.3 Å². The maximum absolute atomic E-state index is 11.6. The van der Waals surface area contributed by atoms with Gasteiger partial charge in [0.25, 0.3) is 0 Å². The van der Waals surface area contributed by atoms with E-state index >= 15 is 0 Å². The first-order chi connectivity index (χ1) is 8.08. The molecule has 5 nitrogen and oxygen atoms in total. The highest BCUT2D eigenvalue weighted by Crippen LogP contribution is 2.24. The summed E-state index contributed by atoms with van der Waals surface area (Å²) in [5, 5.41) is 2.41. The molecule has 0 aromatic rings. The molecule has 0 spiro atoms. The van der Waals surface area contributed by atoms with Gasteiger partial charge in [-0.2, -0.15) is 0 Å². The van der Waals surface area contributed by atoms with Gasteiger partial charge in [0.1, 0.15) is 15.4 Å². The van der Waals surface area contributed by atoms with E-state index in [9.17, 15) is 13.2 Å². The Morgan fingerprint density at radius 1 is 1.28 bits per heavy atom. The monoisotopic (exact) mass is 277 g/mol. The predicted octanol–water partition coefficient (Wildman–Crippen LogP) is 1.87. The van der Waals surface area contributed by atoms with Crippen LogP contribution < -0.4 is 5.32 Å². The highest BCUT2D eigenvalue weighted by atomic mass is 32.2. The summed E-state index contributed by atoms with van der Waals surface area (Å²) in [5.74, 6) is 0. The lowest BCUT2D eigenvalue weighted by Gasteiger charge is -2.29. The zero-order chi connectivity index (χ0) is 14.0. The molecule has 0 saturated heterocycles. The first-order valence-electron chi connectivity index (χ1n) is 6.26. The molecule has 0 aromatic carbocycles. The Hall–Kier alpha value is -0.780. The molecule has 1 saturated carbocycles. The summed E-state index contributed by atoms with van der Waals surface area (Å²) < 4.78 is 28.2. The lowest BCUT2D eigenvalue weighted by molar-refractivity contribution is 0.0493. The van der Waals surface area contributed by atoms with E-state index in [0.717, 1.165) is 12.8 Å². The van der Waals surface area contributed by atoms with E-state index in [-0.39, 0.29) is 11.3 Å². The minimum Gasteiger partial charge on any atom is -0.444 e. The van der Waals surface area contributed by atoms with Gasteiger partial charge in [0.15, 0.2) is 0 Å². The van der Waals surface area contributed by atoms with Crippen LogP contribution >= 0.6 is 0 Å². The summed E-state index contributed by atoms with van der Waals surface area (Å²) in [4.78, 5) is 11.6. The van der Waals surface area contributed by atoms with E-state index in [1.54, 1.807) is 20.8 Å². The maximum atomic E-state index is 11.6. The van der Waals surface area contributed by atoms with Crippen molar-refractivity contribution >= 4 is 15.9 Å². The van der Waals surface area contributed by atoms with Crippen LogP contribution in [-0.2, 0) is 14.6 Å². The van der Waals surface area contributed by atoms with Crippen LogP contribution in [0.4, 0.5) is 4.79 Å². The van der Waals surface area contributed by atoms with Crippen LogP contribution in [0.25, 0.3) is 0 Å². The smallest absolute Gasteiger partial charge is 0.407 e. The third-order valence-corrected chi connectivity index (χ3v) is 4.59. The van der Waals surface area contributed by atoms with E-state index in [2.05, 4.69) is 5.32 Å². The molecule has 1 N–H and O–H groups in total. The summed E-state index contributed by atoms with van der Waals surface area (Å²) in [7, 11) is -3.02. The molecule has 106 valence electrons. The van der Waals surface area contributed by atoms with Gasteiger partial charge in [-0.1, -0.05) is 6.42 Å². The van der Waals surface area contributed by atoms with E-state index in [1.165, 1.54) is 6.26 Å². The molecule has 2 unspecified atom stereocenters. The molecule has 0 radical (unpaired) electrons. The van der Waals surface area contributed by atoms with Crippen molar-refractivity contribution in [1.82, 2.24) is 5.32 Å². The molecule has 1 amide bonds. The van der Waals surface area contributed by atoms with Crippen LogP contribution in [0.5, 0.6) is 0 Å². The second-order valence-electron chi connectivity index (χ2n) is 5.96. The van der Waals surface area contributed by atoms with Crippen LogP contribution in [0.1, 0.15) is 46.5 Å². The number of ether oxygens (including phenoxy) is 1. The summed E-state index contributed by atoms with van der Waals surface area (Å²) in [6, 6.07) is -0.103. The van der Waals surface area contributed by atoms with Crippen LogP contribution in [0.2, 0.25) is 0 Å². The Morgan fingerprint density at radius 3 is 2.39 bits per heavy atom. The minimum absolute atomic E-state index is 0.103. The second kappa shape index (κ2) is 5.47. The number of nitrogens with one attached hydrogen (secondary N) is 1. The van der Waals surface area contributed by atoms with Crippen molar-refractivity contribution in [2.75, 3.05) is 6.26 Å². The van der Waals surface area contributed by atoms with Gasteiger partial charge in [-0.3, -0.25) is 0 Å². The second-order valence-corrected chi connectivity index (χ2v) is 8.29. The molecule has 1 fully saturated rings. The van der Waals surface area contributed by atoms with Crippen LogP contribution in [-0.4, -0.2) is 37.7 Å². The first-order valence-corrected chi connectivity index (χ1v) is 8.22. The third kappa shape index (κ3) is 5.25. The predicted molar refractivity (Wildman–Crippen MR) is 70.3 cm³/mol. The first kappa shape index (κ1) is 15.3. The zero-order valence-corrected chi connectivity index (χ0v) is 12.3. The number of hydrogen-bond donors (Lipinski definition) is 1. The van der Waals surface area contributed by atoms with Crippen molar-refractivity contribution in [3.63, 3.8) is 0 Å². The lowest BCUT2D eigenvalue weighted by atomic mass is 9.95. The molecular formula is C12H23NO4S. The lowest BCUT2D eigenvalue weighted by Crippen LogP contribution is -2.43. The van der Waals surface area contributed by atoms with Gasteiger partial charge in [-0.25, -0.2) is 13.2 Å². The number of amides is 1. The summed E-state index contributed by atoms with van der Waals surface area (Å²) in [5.41, 5.74) is -0.533. The normalized spacial score (nSPS) is 25.6. The fourth-order valence-corrected chi connectivity index (χ4v) is 3.32. The molecule has 0 heterocycles. The van der Waals surface area contributed by atoms with Crippen molar-refractivity contribution in [3.8, 4) is 0 Å². The van der Waals surface area contributed by atoms with E-state index in [0.29, 0.717) is 12.8 Å². The van der Waals surface area contributed by atoms with Gasteiger partial charge in [-0.05, 0) is 40.0 Å². The van der Waals surface area contributed by atoms with E-state index in [1.807, 2.05) is 0 Å².